The average molecular weight is 257 g/mol. The monoisotopic (exact) mass is 257 g/mol. The Morgan fingerprint density at radius 2 is 2.50 bits per heavy atom. The molecule has 0 amide bonds. The third-order valence-electron chi connectivity index (χ3n) is 2.29. The molecular weight excluding hydrogens is 242 g/mol. The molecule has 1 aromatic rings. The maximum Gasteiger partial charge on any atom is 0.251 e. The normalized spacial score (nSPS) is 20.9. The van der Waals surface area contributed by atoms with Gasteiger partial charge in [0.15, 0.2) is 0 Å². The van der Waals surface area contributed by atoms with Crippen LogP contribution < -0.4 is 10.9 Å². The predicted molar refractivity (Wildman–Crippen MR) is 70.1 cm³/mol. The number of hydrogen-bond acceptors (Lipinski definition) is 5. The molecule has 0 spiro atoms. The highest BCUT2D eigenvalue weighted by atomic mass is 32.2. The lowest BCUT2D eigenvalue weighted by atomic mass is 10.3. The number of nitrogens with one attached hydrogen (secondary N) is 2. The standard InChI is InChI=1S/C10H15N3OS2/c1-11-5-7-4-9(14)13-10(12-7)8-6-15-2-3-16-8/h4,8,11H,2-3,5-6H2,1H3,(H,12,13,14). The molecule has 1 saturated heterocycles. The molecule has 2 heterocycles. The molecule has 16 heavy (non-hydrogen) atoms. The number of aromatic amines is 1. The maximum atomic E-state index is 11.5. The number of aromatic nitrogens is 2. The summed E-state index contributed by atoms with van der Waals surface area (Å²) >= 11 is 3.80. The first-order valence-electron chi connectivity index (χ1n) is 5.23. The van der Waals surface area contributed by atoms with E-state index in [2.05, 4.69) is 15.3 Å². The Balaban J connectivity index is 2.21. The van der Waals surface area contributed by atoms with Crippen molar-refractivity contribution >= 4 is 23.5 Å². The highest BCUT2D eigenvalue weighted by molar-refractivity contribution is 8.06. The fraction of sp³-hybridized carbons (Fsp3) is 0.600. The summed E-state index contributed by atoms with van der Waals surface area (Å²) < 4.78 is 0. The Hall–Kier alpha value is -0.460. The minimum absolute atomic E-state index is 0.0496. The summed E-state index contributed by atoms with van der Waals surface area (Å²) in [4.78, 5) is 18.8. The molecule has 1 aromatic heterocycles. The van der Waals surface area contributed by atoms with E-state index in [9.17, 15) is 4.79 Å². The lowest BCUT2D eigenvalue weighted by molar-refractivity contribution is 0.762. The van der Waals surface area contributed by atoms with Gasteiger partial charge in [0.2, 0.25) is 0 Å². The molecule has 1 aliphatic heterocycles. The SMILES string of the molecule is CNCc1cc(=O)[nH]c(C2CSCCS2)n1. The topological polar surface area (TPSA) is 57.8 Å². The average Bonchev–Trinajstić information content (AvgIpc) is 2.30. The first kappa shape index (κ1) is 12.0. The van der Waals surface area contributed by atoms with Crippen molar-refractivity contribution in [1.82, 2.24) is 15.3 Å². The molecular formula is C10H15N3OS2. The van der Waals surface area contributed by atoms with Gasteiger partial charge >= 0.3 is 0 Å². The fourth-order valence-corrected chi connectivity index (χ4v) is 4.22. The van der Waals surface area contributed by atoms with E-state index in [-0.39, 0.29) is 5.56 Å². The zero-order valence-electron chi connectivity index (χ0n) is 9.16. The molecule has 0 aromatic carbocycles. The summed E-state index contributed by atoms with van der Waals surface area (Å²) in [6.07, 6.45) is 0. The van der Waals surface area contributed by atoms with Gasteiger partial charge in [-0.2, -0.15) is 11.8 Å². The van der Waals surface area contributed by atoms with E-state index < -0.39 is 0 Å². The molecule has 1 unspecified atom stereocenters. The van der Waals surface area contributed by atoms with Gasteiger partial charge in [-0.1, -0.05) is 0 Å². The summed E-state index contributed by atoms with van der Waals surface area (Å²) in [5, 5.41) is 3.35. The molecule has 1 aliphatic rings. The van der Waals surface area contributed by atoms with E-state index in [0.717, 1.165) is 23.0 Å². The van der Waals surface area contributed by atoms with E-state index in [0.29, 0.717) is 11.8 Å². The van der Waals surface area contributed by atoms with Crippen LogP contribution in [0.25, 0.3) is 0 Å². The van der Waals surface area contributed by atoms with Gasteiger partial charge < -0.3 is 10.3 Å². The summed E-state index contributed by atoms with van der Waals surface area (Å²) in [7, 11) is 1.85. The van der Waals surface area contributed by atoms with Crippen LogP contribution in [0, 0.1) is 0 Å². The van der Waals surface area contributed by atoms with Crippen LogP contribution in [-0.4, -0.2) is 34.3 Å². The second-order valence-corrected chi connectivity index (χ2v) is 6.05. The highest BCUT2D eigenvalue weighted by Crippen LogP contribution is 2.34. The molecule has 1 atom stereocenters. The Morgan fingerprint density at radius 1 is 1.62 bits per heavy atom. The van der Waals surface area contributed by atoms with Gasteiger partial charge in [0.1, 0.15) is 5.82 Å². The predicted octanol–water partition coefficient (Wildman–Crippen LogP) is 1.01. The van der Waals surface area contributed by atoms with Gasteiger partial charge in [-0.15, -0.1) is 11.8 Å². The Bertz CT molecular complexity index is 401. The third kappa shape index (κ3) is 3.02. The van der Waals surface area contributed by atoms with Crippen LogP contribution in [0.15, 0.2) is 10.9 Å². The minimum Gasteiger partial charge on any atom is -0.314 e. The fourth-order valence-electron chi connectivity index (χ4n) is 1.60. The molecule has 1 fully saturated rings. The number of thioether (sulfide) groups is 2. The first-order valence-corrected chi connectivity index (χ1v) is 7.44. The van der Waals surface area contributed by atoms with Gasteiger partial charge in [0, 0.05) is 29.9 Å². The number of nitrogens with zero attached hydrogens (tertiary/aromatic N) is 1. The maximum absolute atomic E-state index is 11.5. The van der Waals surface area contributed by atoms with Crippen molar-refractivity contribution in [3.63, 3.8) is 0 Å². The zero-order chi connectivity index (χ0) is 11.4. The third-order valence-corrected chi connectivity index (χ3v) is 5.06. The Labute approximate surface area is 103 Å². The highest BCUT2D eigenvalue weighted by Gasteiger charge is 2.19. The van der Waals surface area contributed by atoms with Crippen molar-refractivity contribution in [3.05, 3.63) is 27.9 Å². The van der Waals surface area contributed by atoms with Crippen molar-refractivity contribution in [1.29, 1.82) is 0 Å². The molecule has 2 rings (SSSR count). The van der Waals surface area contributed by atoms with E-state index in [1.165, 1.54) is 5.75 Å². The van der Waals surface area contributed by atoms with Gasteiger partial charge in [-0.25, -0.2) is 4.98 Å². The number of rotatable bonds is 3. The van der Waals surface area contributed by atoms with Crippen molar-refractivity contribution in [3.8, 4) is 0 Å². The van der Waals surface area contributed by atoms with Crippen molar-refractivity contribution in [2.24, 2.45) is 0 Å². The molecule has 2 N–H and O–H groups in total. The van der Waals surface area contributed by atoms with Crippen molar-refractivity contribution in [2.75, 3.05) is 24.3 Å². The number of H-pyrrole nitrogens is 1. The second kappa shape index (κ2) is 5.75. The number of hydrogen-bond donors (Lipinski definition) is 2. The smallest absolute Gasteiger partial charge is 0.251 e. The molecule has 0 saturated carbocycles. The molecule has 4 nitrogen and oxygen atoms in total. The van der Waals surface area contributed by atoms with Crippen LogP contribution in [0.4, 0.5) is 0 Å². The Morgan fingerprint density at radius 3 is 3.19 bits per heavy atom. The summed E-state index contributed by atoms with van der Waals surface area (Å²) in [6.45, 7) is 0.640. The van der Waals surface area contributed by atoms with Crippen LogP contribution in [0.5, 0.6) is 0 Å². The Kier molecular flexibility index (Phi) is 4.31. The van der Waals surface area contributed by atoms with Crippen molar-refractivity contribution < 1.29 is 0 Å². The van der Waals surface area contributed by atoms with E-state index >= 15 is 0 Å². The lowest BCUT2D eigenvalue weighted by Gasteiger charge is -2.20. The van der Waals surface area contributed by atoms with Gasteiger partial charge in [-0.3, -0.25) is 4.79 Å². The molecule has 0 bridgehead atoms. The van der Waals surface area contributed by atoms with Gasteiger partial charge in [0.05, 0.1) is 10.9 Å². The van der Waals surface area contributed by atoms with Crippen LogP contribution in [0.3, 0.4) is 0 Å². The van der Waals surface area contributed by atoms with Crippen molar-refractivity contribution in [2.45, 2.75) is 11.8 Å². The van der Waals surface area contributed by atoms with E-state index in [4.69, 9.17) is 0 Å². The molecule has 6 heteroatoms. The van der Waals surface area contributed by atoms with E-state index in [1.807, 2.05) is 30.6 Å². The van der Waals surface area contributed by atoms with Crippen LogP contribution in [0.1, 0.15) is 16.8 Å². The van der Waals surface area contributed by atoms with E-state index in [1.54, 1.807) is 6.07 Å². The first-order chi connectivity index (χ1) is 7.79. The van der Waals surface area contributed by atoms with Crippen LogP contribution in [0.2, 0.25) is 0 Å². The lowest BCUT2D eigenvalue weighted by Crippen LogP contribution is -2.19. The van der Waals surface area contributed by atoms with Gasteiger partial charge in [0.25, 0.3) is 5.56 Å². The molecule has 0 radical (unpaired) electrons. The zero-order valence-corrected chi connectivity index (χ0v) is 10.8. The second-order valence-electron chi connectivity index (χ2n) is 3.59. The molecule has 0 aliphatic carbocycles. The molecule has 88 valence electrons. The minimum atomic E-state index is -0.0496. The van der Waals surface area contributed by atoms with Gasteiger partial charge in [-0.05, 0) is 7.05 Å². The van der Waals surface area contributed by atoms with Crippen LogP contribution >= 0.6 is 23.5 Å². The summed E-state index contributed by atoms with van der Waals surface area (Å²) in [5.74, 6) is 4.20. The largest absolute Gasteiger partial charge is 0.314 e. The van der Waals surface area contributed by atoms with Crippen LogP contribution in [-0.2, 0) is 6.54 Å². The summed E-state index contributed by atoms with van der Waals surface area (Å²) in [5.41, 5.74) is 0.767. The summed E-state index contributed by atoms with van der Waals surface area (Å²) in [6, 6.07) is 1.56. The quantitative estimate of drug-likeness (QED) is 0.846.